The molecule has 1 aliphatic heterocycles. The summed E-state index contributed by atoms with van der Waals surface area (Å²) in [5, 5.41) is 18.4. The number of nitrogens with zero attached hydrogens (tertiary/aromatic N) is 1. The van der Waals surface area contributed by atoms with Crippen LogP contribution in [0.3, 0.4) is 0 Å². The highest BCUT2D eigenvalue weighted by Gasteiger charge is 2.34. The van der Waals surface area contributed by atoms with E-state index in [-0.39, 0.29) is 10.9 Å². The fraction of sp³-hybridized carbons (Fsp3) is 0.190. The van der Waals surface area contributed by atoms with Crippen LogP contribution in [-0.2, 0) is 16.2 Å². The lowest BCUT2D eigenvalue weighted by atomic mass is 10.1. The van der Waals surface area contributed by atoms with Crippen molar-refractivity contribution in [2.24, 2.45) is 0 Å². The Morgan fingerprint density at radius 3 is 2.62 bits per heavy atom. The maximum absolute atomic E-state index is 12.6. The molecule has 1 amide bonds. The molecule has 2 aromatic rings. The second-order valence-electron chi connectivity index (χ2n) is 6.46. The molecule has 1 atom stereocenters. The van der Waals surface area contributed by atoms with Gasteiger partial charge in [0.25, 0.3) is 5.91 Å². The largest absolute Gasteiger partial charge is 0.488 e. The van der Waals surface area contributed by atoms with Gasteiger partial charge in [-0.25, -0.2) is 4.79 Å². The van der Waals surface area contributed by atoms with Crippen molar-refractivity contribution in [3.05, 3.63) is 70.1 Å². The highest BCUT2D eigenvalue weighted by atomic mass is 32.2. The Hall–Kier alpha value is -2.68. The number of para-hydroxylation sites is 1. The maximum atomic E-state index is 12.6. The Kier molecular flexibility index (Phi) is 6.68. The predicted molar refractivity (Wildman–Crippen MR) is 115 cm³/mol. The Morgan fingerprint density at radius 1 is 1.24 bits per heavy atom. The smallest absolute Gasteiger partial charge is 0.334 e. The molecule has 1 heterocycles. The Morgan fingerprint density at radius 2 is 1.93 bits per heavy atom. The van der Waals surface area contributed by atoms with Crippen molar-refractivity contribution >= 4 is 46.3 Å². The predicted octanol–water partition coefficient (Wildman–Crippen LogP) is 3.22. The molecule has 150 valence electrons. The van der Waals surface area contributed by atoms with Crippen molar-refractivity contribution in [2.45, 2.75) is 19.6 Å². The van der Waals surface area contributed by atoms with Crippen LogP contribution in [0.5, 0.6) is 5.75 Å². The number of rotatable bonds is 7. The van der Waals surface area contributed by atoms with Crippen LogP contribution in [0.1, 0.15) is 16.7 Å². The van der Waals surface area contributed by atoms with Gasteiger partial charge in [-0.3, -0.25) is 9.69 Å². The standard InChI is InChI=1S/C21H19NO5S2/c1-13-6-8-14(9-7-13)12-27-17-5-3-2-4-15(17)10-18-19(24)22(21(28)29-18)11-16(23)20(25)26/h2-10,16,23H,11-12H2,1H3,(H,25,26). The number of hydrogen-bond donors (Lipinski definition) is 2. The molecule has 0 spiro atoms. The number of aryl methyl sites for hydroxylation is 1. The number of β-amino-alcohol motifs (C(OH)–C–C–N with tert-alkyl or cyclic N) is 1. The lowest BCUT2D eigenvalue weighted by molar-refractivity contribution is -0.147. The molecule has 1 saturated heterocycles. The zero-order valence-corrected chi connectivity index (χ0v) is 17.2. The summed E-state index contributed by atoms with van der Waals surface area (Å²) in [6, 6.07) is 15.3. The molecule has 3 rings (SSSR count). The molecule has 29 heavy (non-hydrogen) atoms. The molecular weight excluding hydrogens is 410 g/mol. The second kappa shape index (κ2) is 9.21. The normalized spacial score (nSPS) is 16.3. The van der Waals surface area contributed by atoms with Gasteiger partial charge in [0, 0.05) is 5.56 Å². The Bertz CT molecular complexity index is 971. The van der Waals surface area contributed by atoms with Crippen LogP contribution in [0.4, 0.5) is 0 Å². The lowest BCUT2D eigenvalue weighted by Gasteiger charge is -2.16. The number of aliphatic hydroxyl groups is 1. The monoisotopic (exact) mass is 429 g/mol. The third kappa shape index (κ3) is 5.23. The van der Waals surface area contributed by atoms with E-state index >= 15 is 0 Å². The van der Waals surface area contributed by atoms with Gasteiger partial charge in [0.2, 0.25) is 0 Å². The maximum Gasteiger partial charge on any atom is 0.334 e. The average Bonchev–Trinajstić information content (AvgIpc) is 2.96. The first-order chi connectivity index (χ1) is 13.8. The number of thioether (sulfide) groups is 1. The molecule has 1 aliphatic rings. The summed E-state index contributed by atoms with van der Waals surface area (Å²) in [6.07, 6.45) is -0.0290. The molecule has 8 heteroatoms. The first-order valence-corrected chi connectivity index (χ1v) is 10.0. The van der Waals surface area contributed by atoms with Crippen LogP contribution in [0.2, 0.25) is 0 Å². The van der Waals surface area contributed by atoms with Crippen molar-refractivity contribution in [3.63, 3.8) is 0 Å². The molecule has 2 aromatic carbocycles. The number of thiocarbonyl (C=S) groups is 1. The number of carboxylic acids is 1. The van der Waals surface area contributed by atoms with Crippen LogP contribution < -0.4 is 4.74 Å². The molecule has 1 fully saturated rings. The van der Waals surface area contributed by atoms with E-state index in [2.05, 4.69) is 0 Å². The number of carbonyl (C=O) groups is 2. The summed E-state index contributed by atoms with van der Waals surface area (Å²) in [5.41, 5.74) is 2.91. The second-order valence-corrected chi connectivity index (χ2v) is 8.13. The number of carbonyl (C=O) groups excluding carboxylic acids is 1. The summed E-state index contributed by atoms with van der Waals surface area (Å²) in [4.78, 5) is 24.9. The number of hydrogen-bond acceptors (Lipinski definition) is 6. The molecule has 0 aliphatic carbocycles. The van der Waals surface area contributed by atoms with Gasteiger partial charge < -0.3 is 14.9 Å². The van der Waals surface area contributed by atoms with Crippen molar-refractivity contribution < 1.29 is 24.5 Å². The van der Waals surface area contributed by atoms with E-state index in [0.29, 0.717) is 22.8 Å². The molecule has 0 saturated carbocycles. The minimum Gasteiger partial charge on any atom is -0.488 e. The van der Waals surface area contributed by atoms with Crippen LogP contribution in [0.25, 0.3) is 6.08 Å². The van der Waals surface area contributed by atoms with Gasteiger partial charge in [-0.05, 0) is 24.6 Å². The number of amides is 1. The molecule has 0 radical (unpaired) electrons. The lowest BCUT2D eigenvalue weighted by Crippen LogP contribution is -2.39. The van der Waals surface area contributed by atoms with Crippen molar-refractivity contribution in [3.8, 4) is 5.75 Å². The first kappa shape index (κ1) is 21.0. The molecule has 2 N–H and O–H groups in total. The van der Waals surface area contributed by atoms with E-state index in [0.717, 1.165) is 22.2 Å². The number of ether oxygens (including phenoxy) is 1. The van der Waals surface area contributed by atoms with Crippen molar-refractivity contribution in [1.29, 1.82) is 0 Å². The molecule has 0 aromatic heterocycles. The van der Waals surface area contributed by atoms with E-state index in [1.165, 1.54) is 5.56 Å². The third-order valence-electron chi connectivity index (χ3n) is 4.23. The minimum absolute atomic E-state index is 0.208. The SMILES string of the molecule is Cc1ccc(COc2ccccc2C=C2SC(=S)N(CC(O)C(=O)O)C2=O)cc1. The fourth-order valence-electron chi connectivity index (χ4n) is 2.63. The highest BCUT2D eigenvalue weighted by Crippen LogP contribution is 2.34. The molecular formula is C21H19NO5S2. The van der Waals surface area contributed by atoms with E-state index < -0.39 is 18.0 Å². The van der Waals surface area contributed by atoms with Gasteiger partial charge in [-0.1, -0.05) is 72.0 Å². The third-order valence-corrected chi connectivity index (χ3v) is 5.61. The average molecular weight is 430 g/mol. The fourth-order valence-corrected chi connectivity index (χ4v) is 3.89. The van der Waals surface area contributed by atoms with Gasteiger partial charge in [0.15, 0.2) is 6.10 Å². The van der Waals surface area contributed by atoms with Crippen molar-refractivity contribution in [2.75, 3.05) is 6.54 Å². The van der Waals surface area contributed by atoms with Crippen LogP contribution in [0, 0.1) is 6.92 Å². The molecule has 6 nitrogen and oxygen atoms in total. The zero-order chi connectivity index (χ0) is 21.0. The Labute approximate surface area is 177 Å². The van der Waals surface area contributed by atoms with E-state index in [9.17, 15) is 14.7 Å². The highest BCUT2D eigenvalue weighted by molar-refractivity contribution is 8.26. The van der Waals surface area contributed by atoms with E-state index in [1.54, 1.807) is 6.08 Å². The quantitative estimate of drug-likeness (QED) is 0.516. The number of carboxylic acid groups (broad SMARTS) is 1. The number of benzene rings is 2. The van der Waals surface area contributed by atoms with Gasteiger partial charge in [0.1, 0.15) is 16.7 Å². The summed E-state index contributed by atoms with van der Waals surface area (Å²) in [7, 11) is 0. The summed E-state index contributed by atoms with van der Waals surface area (Å²) in [6.45, 7) is 2.02. The summed E-state index contributed by atoms with van der Waals surface area (Å²) >= 11 is 6.23. The van der Waals surface area contributed by atoms with Crippen LogP contribution in [-0.4, -0.2) is 44.0 Å². The topological polar surface area (TPSA) is 87.1 Å². The van der Waals surface area contributed by atoms with Gasteiger partial charge in [0.05, 0.1) is 11.4 Å². The summed E-state index contributed by atoms with van der Waals surface area (Å²) < 4.78 is 6.14. The first-order valence-electron chi connectivity index (χ1n) is 8.79. The van der Waals surface area contributed by atoms with Crippen LogP contribution in [0.15, 0.2) is 53.4 Å². The molecule has 1 unspecified atom stereocenters. The van der Waals surface area contributed by atoms with Gasteiger partial charge >= 0.3 is 5.97 Å². The van der Waals surface area contributed by atoms with E-state index in [4.69, 9.17) is 22.1 Å². The van der Waals surface area contributed by atoms with Crippen LogP contribution >= 0.6 is 24.0 Å². The zero-order valence-electron chi connectivity index (χ0n) is 15.6. The Balaban J connectivity index is 1.76. The number of aliphatic carboxylic acids is 1. The van der Waals surface area contributed by atoms with Gasteiger partial charge in [-0.15, -0.1) is 0 Å². The van der Waals surface area contributed by atoms with Gasteiger partial charge in [-0.2, -0.15) is 0 Å². The van der Waals surface area contributed by atoms with E-state index in [1.807, 2.05) is 55.5 Å². The molecule has 0 bridgehead atoms. The number of aliphatic hydroxyl groups excluding tert-OH is 1. The van der Waals surface area contributed by atoms with Crippen molar-refractivity contribution in [1.82, 2.24) is 4.90 Å². The summed E-state index contributed by atoms with van der Waals surface area (Å²) in [5.74, 6) is -1.23. The minimum atomic E-state index is -1.69.